The number of nitrogens with zero attached hydrogens (tertiary/aromatic N) is 3. The molecule has 7 heteroatoms. The van der Waals surface area contributed by atoms with Crippen molar-refractivity contribution < 1.29 is 10.0 Å². The molecule has 2 atom stereocenters. The smallest absolute Gasteiger partial charge is 0.186 e. The topological polar surface area (TPSA) is 107 Å². The van der Waals surface area contributed by atoms with E-state index in [-0.39, 0.29) is 22.5 Å². The number of hydrogen-bond acceptors (Lipinski definition) is 5. The maximum Gasteiger partial charge on any atom is 0.186 e. The number of carbonyl (C=O) groups is 1. The standard InChI is InChI=1S/C24H29N3O.C24H28N2O/c28-27-22(17-8-7-9-17)23-20-14-15-24(16-21(20)25-26-23,18-10-3-1-4-11-18)19-12-5-2-6-13-19;27-23(17-8-7-9-17)22-20-14-15-24(16-21(20)25-26-22,18-10-3-1-4-11-18)19-12-5-2-6-13-19/h1,3-4,10-11,14-15,17,19,28H,2,5-9,12-13,16H2,(H,25,26);1,3-4,10-11,14-15,17,19H,2,5-9,12-13,16H2,(H,25,26). The highest BCUT2D eigenvalue weighted by Crippen LogP contribution is 2.49. The van der Waals surface area contributed by atoms with Gasteiger partial charge in [0.2, 0.25) is 0 Å². The molecule has 6 aliphatic rings. The number of hydrogen-bond donors (Lipinski definition) is 3. The molecule has 0 spiro atoms. The molecule has 0 bridgehead atoms. The number of aromatic amines is 2. The van der Waals surface area contributed by atoms with Crippen LogP contribution in [0.3, 0.4) is 0 Å². The van der Waals surface area contributed by atoms with Gasteiger partial charge < -0.3 is 5.21 Å². The lowest BCUT2D eigenvalue weighted by molar-refractivity contribution is 0.0849. The molecule has 286 valence electrons. The van der Waals surface area contributed by atoms with Crippen LogP contribution in [0.1, 0.15) is 153 Å². The first-order valence-electron chi connectivity index (χ1n) is 21.5. The van der Waals surface area contributed by atoms with Gasteiger partial charge in [0.05, 0.1) is 0 Å². The van der Waals surface area contributed by atoms with Gasteiger partial charge in [-0.3, -0.25) is 15.0 Å². The van der Waals surface area contributed by atoms with Crippen LogP contribution in [0.15, 0.2) is 78.0 Å². The molecule has 7 nitrogen and oxygen atoms in total. The summed E-state index contributed by atoms with van der Waals surface area (Å²) in [7, 11) is 0. The second kappa shape index (κ2) is 15.5. The minimum Gasteiger partial charge on any atom is -0.411 e. The molecule has 55 heavy (non-hydrogen) atoms. The van der Waals surface area contributed by atoms with Crippen molar-refractivity contribution in [1.82, 2.24) is 20.4 Å². The van der Waals surface area contributed by atoms with Gasteiger partial charge in [0, 0.05) is 58.0 Å². The zero-order chi connectivity index (χ0) is 37.2. The first-order chi connectivity index (χ1) is 27.1. The van der Waals surface area contributed by atoms with Crippen LogP contribution in [-0.2, 0) is 23.7 Å². The number of benzene rings is 2. The highest BCUT2D eigenvalue weighted by molar-refractivity contribution is 6.04. The van der Waals surface area contributed by atoms with E-state index in [9.17, 15) is 10.0 Å². The summed E-state index contributed by atoms with van der Waals surface area (Å²) < 4.78 is 0. The first kappa shape index (κ1) is 36.1. The number of fused-ring (bicyclic) bond motifs is 2. The third-order valence-electron chi connectivity index (χ3n) is 14.6. The highest BCUT2D eigenvalue weighted by Gasteiger charge is 2.44. The molecular weight excluding hydrogens is 679 g/mol. The molecule has 4 fully saturated rings. The van der Waals surface area contributed by atoms with Crippen LogP contribution < -0.4 is 0 Å². The van der Waals surface area contributed by atoms with E-state index in [1.165, 1.54) is 93.9 Å². The van der Waals surface area contributed by atoms with E-state index in [2.05, 4.69) is 111 Å². The molecule has 2 heterocycles. The van der Waals surface area contributed by atoms with Crippen molar-refractivity contribution >= 4 is 23.6 Å². The van der Waals surface area contributed by atoms with Gasteiger partial charge in [-0.15, -0.1) is 0 Å². The van der Waals surface area contributed by atoms with Gasteiger partial charge in [-0.1, -0.05) is 141 Å². The number of carbonyl (C=O) groups excluding carboxylic acids is 1. The Morgan fingerprint density at radius 2 is 1.04 bits per heavy atom. The lowest BCUT2D eigenvalue weighted by Crippen LogP contribution is -2.38. The van der Waals surface area contributed by atoms with E-state index in [1.54, 1.807) is 0 Å². The first-order valence-corrected chi connectivity index (χ1v) is 21.5. The number of H-pyrrole nitrogens is 2. The zero-order valence-corrected chi connectivity index (χ0v) is 32.3. The van der Waals surface area contributed by atoms with E-state index in [4.69, 9.17) is 0 Å². The van der Waals surface area contributed by atoms with Crippen LogP contribution in [-0.4, -0.2) is 37.1 Å². The van der Waals surface area contributed by atoms with Gasteiger partial charge in [0.25, 0.3) is 0 Å². The summed E-state index contributed by atoms with van der Waals surface area (Å²) in [5.41, 5.74) is 9.68. The van der Waals surface area contributed by atoms with E-state index < -0.39 is 0 Å². The van der Waals surface area contributed by atoms with E-state index in [1.807, 2.05) is 0 Å². The number of aromatic nitrogens is 4. The Kier molecular flexibility index (Phi) is 10.2. The molecule has 6 aliphatic carbocycles. The second-order valence-electron chi connectivity index (χ2n) is 17.5. The fourth-order valence-corrected chi connectivity index (χ4v) is 11.0. The van der Waals surface area contributed by atoms with Gasteiger partial charge in [0.1, 0.15) is 17.1 Å². The van der Waals surface area contributed by atoms with Crippen LogP contribution in [0.5, 0.6) is 0 Å². The fourth-order valence-electron chi connectivity index (χ4n) is 11.0. The largest absolute Gasteiger partial charge is 0.411 e. The van der Waals surface area contributed by atoms with Crippen LogP contribution in [0.4, 0.5) is 0 Å². The SMILES string of the molecule is O=C(c1n[nH]c2c1C=CC(c1ccccc1)(C1CCCCC1)C2)C1CCC1.ON=C(c1n[nH]c2c1C=CC(c1ccccc1)(C1CCCCC1)C2)C1CCC1. The van der Waals surface area contributed by atoms with Gasteiger partial charge >= 0.3 is 0 Å². The summed E-state index contributed by atoms with van der Waals surface area (Å²) in [5.74, 6) is 2.12. The van der Waals surface area contributed by atoms with Crippen molar-refractivity contribution in [3.63, 3.8) is 0 Å². The Hall–Kier alpha value is -4.52. The van der Waals surface area contributed by atoms with Gasteiger partial charge in [0.15, 0.2) is 5.78 Å². The molecule has 2 aromatic carbocycles. The van der Waals surface area contributed by atoms with Gasteiger partial charge in [-0.25, -0.2) is 0 Å². The number of rotatable bonds is 8. The molecule has 2 unspecified atom stereocenters. The molecule has 4 aromatic rings. The average Bonchev–Trinajstić information content (AvgIpc) is 3.83. The zero-order valence-electron chi connectivity index (χ0n) is 32.3. The van der Waals surface area contributed by atoms with Crippen LogP contribution in [0.25, 0.3) is 12.2 Å². The average molecular weight is 736 g/mol. The minimum atomic E-state index is 0.0258. The van der Waals surface area contributed by atoms with E-state index in [0.717, 1.165) is 66.8 Å². The quantitative estimate of drug-likeness (QED) is 0.0725. The van der Waals surface area contributed by atoms with Crippen LogP contribution >= 0.6 is 0 Å². The molecule has 2 aromatic heterocycles. The number of ketones is 1. The van der Waals surface area contributed by atoms with Crippen molar-refractivity contribution in [2.75, 3.05) is 0 Å². The number of nitrogens with one attached hydrogen (secondary N) is 2. The highest BCUT2D eigenvalue weighted by atomic mass is 16.4. The Morgan fingerprint density at radius 1 is 0.582 bits per heavy atom. The minimum absolute atomic E-state index is 0.0258. The molecule has 4 saturated carbocycles. The predicted octanol–water partition coefficient (Wildman–Crippen LogP) is 11.0. The maximum absolute atomic E-state index is 12.8. The molecule has 0 amide bonds. The Labute approximate surface area is 326 Å². The van der Waals surface area contributed by atoms with Crippen molar-refractivity contribution in [3.05, 3.63) is 118 Å². The number of Topliss-reactive ketones (excluding diaryl/α,β-unsaturated/α-hetero) is 1. The predicted molar refractivity (Wildman–Crippen MR) is 219 cm³/mol. The second-order valence-corrected chi connectivity index (χ2v) is 17.5. The Morgan fingerprint density at radius 3 is 1.47 bits per heavy atom. The summed E-state index contributed by atoms with van der Waals surface area (Å²) in [6.45, 7) is 0. The van der Waals surface area contributed by atoms with Crippen molar-refractivity contribution in [2.45, 2.75) is 126 Å². The lowest BCUT2D eigenvalue weighted by atomic mass is 9.61. The third-order valence-corrected chi connectivity index (χ3v) is 14.6. The number of oxime groups is 1. The summed E-state index contributed by atoms with van der Waals surface area (Å²) >= 11 is 0. The Balaban J connectivity index is 0.000000144. The van der Waals surface area contributed by atoms with Crippen molar-refractivity contribution in [2.24, 2.45) is 28.8 Å². The van der Waals surface area contributed by atoms with Gasteiger partial charge in [-0.05, 0) is 74.3 Å². The normalized spacial score (nSPS) is 25.9. The molecule has 0 radical (unpaired) electrons. The molecule has 0 aliphatic heterocycles. The summed E-state index contributed by atoms with van der Waals surface area (Å²) in [6, 6.07) is 22.0. The maximum atomic E-state index is 12.8. The van der Waals surface area contributed by atoms with Crippen molar-refractivity contribution in [1.29, 1.82) is 0 Å². The van der Waals surface area contributed by atoms with Crippen LogP contribution in [0, 0.1) is 23.7 Å². The Bertz CT molecular complexity index is 2040. The van der Waals surface area contributed by atoms with Crippen LogP contribution in [0.2, 0.25) is 0 Å². The fraction of sp³-hybridized carbons (Fsp3) is 0.500. The molecule has 3 N–H and O–H groups in total. The molecular formula is C48H57N5O2. The molecule has 0 saturated heterocycles. The lowest BCUT2D eigenvalue weighted by Gasteiger charge is -2.43. The van der Waals surface area contributed by atoms with E-state index >= 15 is 0 Å². The van der Waals surface area contributed by atoms with Gasteiger partial charge in [-0.2, -0.15) is 10.2 Å². The molecule has 10 rings (SSSR count). The number of allylic oxidation sites excluding steroid dienone is 2. The summed E-state index contributed by atoms with van der Waals surface area (Å²) in [6.07, 6.45) is 31.0. The third kappa shape index (κ3) is 6.65. The van der Waals surface area contributed by atoms with E-state index in [0.29, 0.717) is 23.4 Å². The monoisotopic (exact) mass is 735 g/mol. The summed E-state index contributed by atoms with van der Waals surface area (Å²) in [4.78, 5) is 12.8. The van der Waals surface area contributed by atoms with Crippen molar-refractivity contribution in [3.8, 4) is 0 Å². The summed E-state index contributed by atoms with van der Waals surface area (Å²) in [5, 5.41) is 28.9.